The van der Waals surface area contributed by atoms with Crippen molar-refractivity contribution in [1.29, 1.82) is 0 Å². The van der Waals surface area contributed by atoms with Crippen LogP contribution >= 0.6 is 0 Å². The van der Waals surface area contributed by atoms with Crippen molar-refractivity contribution in [2.45, 2.75) is 44.7 Å². The molecule has 0 aromatic carbocycles. The van der Waals surface area contributed by atoms with Crippen molar-refractivity contribution in [3.05, 3.63) is 12.4 Å². The van der Waals surface area contributed by atoms with Crippen LogP contribution in [0.2, 0.25) is 0 Å². The number of hydrogen-bond acceptors (Lipinski definition) is 6. The monoisotopic (exact) mass is 320 g/mol. The van der Waals surface area contributed by atoms with Gasteiger partial charge < -0.3 is 15.2 Å². The summed E-state index contributed by atoms with van der Waals surface area (Å²) in [5.74, 6) is 1.20. The topological polar surface area (TPSA) is 87.6 Å². The number of carboxylic acids is 1. The van der Waals surface area contributed by atoms with E-state index in [1.165, 1.54) is 12.8 Å². The van der Waals surface area contributed by atoms with Gasteiger partial charge >= 0.3 is 5.97 Å². The van der Waals surface area contributed by atoms with Gasteiger partial charge in [0.2, 0.25) is 5.88 Å². The summed E-state index contributed by atoms with van der Waals surface area (Å²) in [5, 5.41) is 12.4. The molecule has 1 aromatic rings. The van der Waals surface area contributed by atoms with Crippen LogP contribution in [0, 0.1) is 5.92 Å². The lowest BCUT2D eigenvalue weighted by atomic mass is 9.85. The van der Waals surface area contributed by atoms with Crippen molar-refractivity contribution in [1.82, 2.24) is 14.9 Å². The molecule has 1 aromatic heterocycles. The maximum absolute atomic E-state index is 11.0. The fraction of sp³-hybridized carbons (Fsp3) is 0.688. The number of aliphatic carboxylic acids is 1. The standard InChI is InChI=1S/C16H24N4O3/c1-2-23-15-8-17-7-14(19-15)18-12-5-13(6-12)20(10-16(21)22)9-11-3-4-11/h7-8,11-13H,2-6,9-10H2,1H3,(H,18,19)(H,21,22). The van der Waals surface area contributed by atoms with Crippen molar-refractivity contribution in [3.8, 4) is 5.88 Å². The van der Waals surface area contributed by atoms with E-state index in [2.05, 4.69) is 20.2 Å². The Hall–Kier alpha value is -1.89. The fourth-order valence-corrected chi connectivity index (χ4v) is 3.00. The predicted octanol–water partition coefficient (Wildman–Crippen LogP) is 1.61. The van der Waals surface area contributed by atoms with Crippen LogP contribution in [0.25, 0.3) is 0 Å². The van der Waals surface area contributed by atoms with Crippen LogP contribution in [0.5, 0.6) is 5.88 Å². The Morgan fingerprint density at radius 2 is 2.22 bits per heavy atom. The quantitative estimate of drug-likeness (QED) is 0.714. The maximum Gasteiger partial charge on any atom is 0.317 e. The Morgan fingerprint density at radius 3 is 2.87 bits per heavy atom. The highest BCUT2D eigenvalue weighted by Gasteiger charge is 2.37. The molecule has 0 saturated heterocycles. The number of aromatic nitrogens is 2. The molecular formula is C16H24N4O3. The molecule has 7 nitrogen and oxygen atoms in total. The van der Waals surface area contributed by atoms with Gasteiger partial charge in [-0.2, -0.15) is 4.98 Å². The first-order chi connectivity index (χ1) is 11.1. The van der Waals surface area contributed by atoms with Crippen molar-refractivity contribution in [2.24, 2.45) is 5.92 Å². The summed E-state index contributed by atoms with van der Waals surface area (Å²) in [5.41, 5.74) is 0. The molecule has 0 spiro atoms. The molecule has 2 aliphatic carbocycles. The van der Waals surface area contributed by atoms with E-state index in [1.54, 1.807) is 12.4 Å². The average molecular weight is 320 g/mol. The number of ether oxygens (including phenoxy) is 1. The van der Waals surface area contributed by atoms with E-state index in [1.807, 2.05) is 6.92 Å². The Labute approximate surface area is 136 Å². The zero-order chi connectivity index (χ0) is 16.2. The molecule has 0 radical (unpaired) electrons. The van der Waals surface area contributed by atoms with E-state index >= 15 is 0 Å². The Kier molecular flexibility index (Phi) is 4.95. The SMILES string of the molecule is CCOc1cncc(NC2CC(N(CC(=O)O)CC3CC3)C2)n1. The molecule has 0 atom stereocenters. The molecule has 2 fully saturated rings. The van der Waals surface area contributed by atoms with E-state index in [4.69, 9.17) is 9.84 Å². The summed E-state index contributed by atoms with van der Waals surface area (Å²) in [6.45, 7) is 3.54. The van der Waals surface area contributed by atoms with Crippen molar-refractivity contribution in [3.63, 3.8) is 0 Å². The third kappa shape index (κ3) is 4.54. The second-order valence-electron chi connectivity index (χ2n) is 6.41. The number of nitrogens with one attached hydrogen (secondary N) is 1. The maximum atomic E-state index is 11.0. The van der Waals surface area contributed by atoms with Gasteiger partial charge in [0.05, 0.1) is 25.5 Å². The highest BCUT2D eigenvalue weighted by atomic mass is 16.5. The molecule has 0 aliphatic heterocycles. The third-order valence-corrected chi connectivity index (χ3v) is 4.41. The van der Waals surface area contributed by atoms with Crippen molar-refractivity contribution in [2.75, 3.05) is 25.0 Å². The minimum absolute atomic E-state index is 0.146. The van der Waals surface area contributed by atoms with Gasteiger partial charge in [-0.15, -0.1) is 0 Å². The molecule has 2 saturated carbocycles. The second kappa shape index (κ2) is 7.12. The van der Waals surface area contributed by atoms with Crippen LogP contribution in [0.15, 0.2) is 12.4 Å². The Morgan fingerprint density at radius 1 is 1.43 bits per heavy atom. The summed E-state index contributed by atoms with van der Waals surface area (Å²) in [7, 11) is 0. The first kappa shape index (κ1) is 16.0. The highest BCUT2D eigenvalue weighted by molar-refractivity contribution is 5.69. The lowest BCUT2D eigenvalue weighted by Gasteiger charge is -2.42. The molecule has 0 amide bonds. The van der Waals surface area contributed by atoms with Gasteiger partial charge in [0.15, 0.2) is 0 Å². The van der Waals surface area contributed by atoms with Crippen LogP contribution < -0.4 is 10.1 Å². The molecule has 7 heteroatoms. The molecule has 2 N–H and O–H groups in total. The largest absolute Gasteiger partial charge is 0.480 e. The molecular weight excluding hydrogens is 296 g/mol. The van der Waals surface area contributed by atoms with E-state index in [0.29, 0.717) is 36.3 Å². The molecule has 0 bridgehead atoms. The number of anilines is 1. The van der Waals surface area contributed by atoms with Crippen molar-refractivity contribution >= 4 is 11.8 Å². The fourth-order valence-electron chi connectivity index (χ4n) is 3.00. The van der Waals surface area contributed by atoms with Crippen molar-refractivity contribution < 1.29 is 14.6 Å². The number of carboxylic acid groups (broad SMARTS) is 1. The van der Waals surface area contributed by atoms with Gasteiger partial charge in [-0.1, -0.05) is 0 Å². The molecule has 1 heterocycles. The van der Waals surface area contributed by atoms with E-state index in [9.17, 15) is 4.79 Å². The molecule has 23 heavy (non-hydrogen) atoms. The zero-order valence-corrected chi connectivity index (χ0v) is 13.4. The average Bonchev–Trinajstić information content (AvgIpc) is 3.26. The summed E-state index contributed by atoms with van der Waals surface area (Å²) < 4.78 is 5.35. The van der Waals surface area contributed by atoms with Crippen LogP contribution in [0.3, 0.4) is 0 Å². The number of hydrogen-bond donors (Lipinski definition) is 2. The zero-order valence-electron chi connectivity index (χ0n) is 13.4. The molecule has 2 aliphatic rings. The smallest absolute Gasteiger partial charge is 0.317 e. The summed E-state index contributed by atoms with van der Waals surface area (Å²) in [4.78, 5) is 21.6. The first-order valence-corrected chi connectivity index (χ1v) is 8.31. The third-order valence-electron chi connectivity index (χ3n) is 4.41. The van der Waals surface area contributed by atoms with Crippen LogP contribution in [0.1, 0.15) is 32.6 Å². The molecule has 0 unspecified atom stereocenters. The first-order valence-electron chi connectivity index (χ1n) is 8.31. The second-order valence-corrected chi connectivity index (χ2v) is 6.41. The Bertz CT molecular complexity index is 544. The van der Waals surface area contributed by atoms with Gasteiger partial charge in [0.1, 0.15) is 5.82 Å². The summed E-state index contributed by atoms with van der Waals surface area (Å²) in [6, 6.07) is 0.675. The lowest BCUT2D eigenvalue weighted by molar-refractivity contribution is -0.139. The van der Waals surface area contributed by atoms with Gasteiger partial charge in [0, 0.05) is 18.6 Å². The molecule has 126 valence electrons. The summed E-state index contributed by atoms with van der Waals surface area (Å²) >= 11 is 0. The Balaban J connectivity index is 1.49. The lowest BCUT2D eigenvalue weighted by Crippen LogP contribution is -2.52. The highest BCUT2D eigenvalue weighted by Crippen LogP contribution is 2.34. The number of carbonyl (C=O) groups is 1. The van der Waals surface area contributed by atoms with Crippen LogP contribution in [0.4, 0.5) is 5.82 Å². The molecule has 3 rings (SSSR count). The van der Waals surface area contributed by atoms with Gasteiger partial charge in [-0.25, -0.2) is 0 Å². The van der Waals surface area contributed by atoms with E-state index in [0.717, 1.165) is 19.4 Å². The van der Waals surface area contributed by atoms with E-state index < -0.39 is 5.97 Å². The minimum Gasteiger partial charge on any atom is -0.480 e. The van der Waals surface area contributed by atoms with Crippen LogP contribution in [-0.2, 0) is 4.79 Å². The predicted molar refractivity (Wildman–Crippen MR) is 85.6 cm³/mol. The van der Waals surface area contributed by atoms with Gasteiger partial charge in [-0.3, -0.25) is 14.7 Å². The normalized spacial score (nSPS) is 23.4. The van der Waals surface area contributed by atoms with Gasteiger partial charge in [0.25, 0.3) is 0 Å². The summed E-state index contributed by atoms with van der Waals surface area (Å²) in [6.07, 6.45) is 7.66. The minimum atomic E-state index is -0.739. The van der Waals surface area contributed by atoms with Crippen LogP contribution in [-0.4, -0.2) is 57.7 Å². The number of rotatable bonds is 9. The van der Waals surface area contributed by atoms with Gasteiger partial charge in [-0.05, 0) is 38.5 Å². The van der Waals surface area contributed by atoms with E-state index in [-0.39, 0.29) is 6.54 Å². The number of nitrogens with zero attached hydrogens (tertiary/aromatic N) is 3.